The molecule has 122 valence electrons. The van der Waals surface area contributed by atoms with Crippen LogP contribution in [0.5, 0.6) is 5.88 Å². The standard InChI is InChI=1S/C18H17N3O3/c1-19-16(22)14-9-4-3-7-13(14)8-5-11-20-17(23)15-10-6-12-21-18(15)24-2/h3-4,6-7,9-10,12H,11H2,1-2H3,(H,19,22)(H,20,23). The zero-order valence-electron chi connectivity index (χ0n) is 13.4. The predicted molar refractivity (Wildman–Crippen MR) is 89.8 cm³/mol. The number of benzene rings is 1. The van der Waals surface area contributed by atoms with Crippen molar-refractivity contribution < 1.29 is 14.3 Å². The van der Waals surface area contributed by atoms with E-state index in [0.29, 0.717) is 16.7 Å². The maximum absolute atomic E-state index is 12.1. The molecule has 24 heavy (non-hydrogen) atoms. The molecule has 0 unspecified atom stereocenters. The topological polar surface area (TPSA) is 80.3 Å². The molecule has 6 nitrogen and oxygen atoms in total. The summed E-state index contributed by atoms with van der Waals surface area (Å²) in [5, 5.41) is 5.24. The third kappa shape index (κ3) is 4.11. The Morgan fingerprint density at radius 2 is 1.88 bits per heavy atom. The van der Waals surface area contributed by atoms with Crippen LogP contribution in [0.25, 0.3) is 0 Å². The van der Waals surface area contributed by atoms with Gasteiger partial charge >= 0.3 is 0 Å². The van der Waals surface area contributed by atoms with E-state index in [4.69, 9.17) is 4.74 Å². The van der Waals surface area contributed by atoms with Gasteiger partial charge in [-0.25, -0.2) is 4.98 Å². The van der Waals surface area contributed by atoms with Gasteiger partial charge in [-0.3, -0.25) is 9.59 Å². The Kier molecular flexibility index (Phi) is 5.92. The molecule has 0 aliphatic heterocycles. The van der Waals surface area contributed by atoms with Crippen LogP contribution in [-0.4, -0.2) is 37.5 Å². The minimum atomic E-state index is -0.325. The van der Waals surface area contributed by atoms with Gasteiger partial charge in [-0.05, 0) is 24.3 Å². The highest BCUT2D eigenvalue weighted by atomic mass is 16.5. The van der Waals surface area contributed by atoms with Gasteiger partial charge in [0.2, 0.25) is 5.88 Å². The molecule has 0 aliphatic rings. The van der Waals surface area contributed by atoms with E-state index in [1.165, 1.54) is 7.11 Å². The van der Waals surface area contributed by atoms with E-state index in [1.807, 2.05) is 0 Å². The van der Waals surface area contributed by atoms with Gasteiger partial charge in [-0.1, -0.05) is 24.0 Å². The van der Waals surface area contributed by atoms with E-state index in [0.717, 1.165) is 0 Å². The maximum Gasteiger partial charge on any atom is 0.257 e. The molecule has 0 spiro atoms. The molecule has 6 heteroatoms. The summed E-state index contributed by atoms with van der Waals surface area (Å²) in [5.41, 5.74) is 1.44. The number of methoxy groups -OCH3 is 1. The van der Waals surface area contributed by atoms with Gasteiger partial charge in [-0.2, -0.15) is 0 Å². The quantitative estimate of drug-likeness (QED) is 0.830. The lowest BCUT2D eigenvalue weighted by Gasteiger charge is -2.05. The zero-order valence-corrected chi connectivity index (χ0v) is 13.4. The first-order valence-corrected chi connectivity index (χ1v) is 7.24. The summed E-state index contributed by atoms with van der Waals surface area (Å²) in [6.07, 6.45) is 1.55. The number of hydrogen-bond acceptors (Lipinski definition) is 4. The molecular formula is C18H17N3O3. The molecule has 0 fully saturated rings. The van der Waals surface area contributed by atoms with E-state index in [9.17, 15) is 9.59 Å². The van der Waals surface area contributed by atoms with Gasteiger partial charge in [0, 0.05) is 18.8 Å². The van der Waals surface area contributed by atoms with Crippen molar-refractivity contribution in [3.05, 3.63) is 59.3 Å². The Morgan fingerprint density at radius 1 is 1.12 bits per heavy atom. The number of ether oxygens (including phenoxy) is 1. The molecule has 0 bridgehead atoms. The molecule has 0 saturated heterocycles. The van der Waals surface area contributed by atoms with E-state index in [1.54, 1.807) is 49.6 Å². The van der Waals surface area contributed by atoms with Gasteiger partial charge in [0.15, 0.2) is 0 Å². The lowest BCUT2D eigenvalue weighted by Crippen LogP contribution is -2.24. The highest BCUT2D eigenvalue weighted by molar-refractivity contribution is 5.97. The fourth-order valence-corrected chi connectivity index (χ4v) is 2.01. The minimum Gasteiger partial charge on any atom is -0.480 e. The van der Waals surface area contributed by atoms with Crippen LogP contribution in [0.4, 0.5) is 0 Å². The second-order valence-electron chi connectivity index (χ2n) is 4.67. The zero-order chi connectivity index (χ0) is 17.4. The summed E-state index contributed by atoms with van der Waals surface area (Å²) < 4.78 is 5.04. The van der Waals surface area contributed by atoms with Gasteiger partial charge < -0.3 is 15.4 Å². The molecule has 1 heterocycles. The number of carbonyl (C=O) groups excluding carboxylic acids is 2. The molecule has 0 radical (unpaired) electrons. The molecule has 2 amide bonds. The average molecular weight is 323 g/mol. The van der Waals surface area contributed by atoms with Crippen LogP contribution in [0.15, 0.2) is 42.6 Å². The Bertz CT molecular complexity index is 806. The number of carbonyl (C=O) groups is 2. The lowest BCUT2D eigenvalue weighted by atomic mass is 10.1. The van der Waals surface area contributed by atoms with Crippen molar-refractivity contribution in [3.63, 3.8) is 0 Å². The van der Waals surface area contributed by atoms with Crippen molar-refractivity contribution in [2.24, 2.45) is 0 Å². The van der Waals surface area contributed by atoms with Gasteiger partial charge in [-0.15, -0.1) is 0 Å². The molecule has 2 N–H and O–H groups in total. The third-order valence-electron chi connectivity index (χ3n) is 3.17. The monoisotopic (exact) mass is 323 g/mol. The smallest absolute Gasteiger partial charge is 0.257 e. The molecule has 1 aromatic carbocycles. The normalized spacial score (nSPS) is 9.42. The van der Waals surface area contributed by atoms with Crippen molar-refractivity contribution >= 4 is 11.8 Å². The number of aromatic nitrogens is 1. The number of nitrogens with zero attached hydrogens (tertiary/aromatic N) is 1. The van der Waals surface area contributed by atoms with E-state index < -0.39 is 0 Å². The van der Waals surface area contributed by atoms with E-state index in [2.05, 4.69) is 27.5 Å². The van der Waals surface area contributed by atoms with Crippen LogP contribution in [0.2, 0.25) is 0 Å². The number of nitrogens with one attached hydrogen (secondary N) is 2. The Hall–Kier alpha value is -3.33. The van der Waals surface area contributed by atoms with Crippen LogP contribution in [0.1, 0.15) is 26.3 Å². The van der Waals surface area contributed by atoms with Crippen LogP contribution < -0.4 is 15.4 Å². The van der Waals surface area contributed by atoms with Crippen LogP contribution in [0, 0.1) is 11.8 Å². The van der Waals surface area contributed by atoms with Crippen LogP contribution in [0.3, 0.4) is 0 Å². The second kappa shape index (κ2) is 8.34. The summed E-state index contributed by atoms with van der Waals surface area (Å²) in [5.74, 6) is 5.46. The molecule has 0 atom stereocenters. The molecule has 2 aromatic rings. The Labute approximate surface area is 140 Å². The molecule has 2 rings (SSSR count). The summed E-state index contributed by atoms with van der Waals surface area (Å²) in [7, 11) is 3.02. The Morgan fingerprint density at radius 3 is 2.62 bits per heavy atom. The summed E-state index contributed by atoms with van der Waals surface area (Å²) in [6, 6.07) is 10.3. The summed E-state index contributed by atoms with van der Waals surface area (Å²) >= 11 is 0. The summed E-state index contributed by atoms with van der Waals surface area (Å²) in [4.78, 5) is 27.8. The van der Waals surface area contributed by atoms with Gasteiger partial charge in [0.05, 0.1) is 19.2 Å². The first-order chi connectivity index (χ1) is 11.7. The fourth-order valence-electron chi connectivity index (χ4n) is 2.01. The number of amides is 2. The van der Waals surface area contributed by atoms with Crippen LogP contribution in [-0.2, 0) is 0 Å². The van der Waals surface area contributed by atoms with Gasteiger partial charge in [0.25, 0.3) is 11.8 Å². The van der Waals surface area contributed by atoms with Crippen molar-refractivity contribution in [2.45, 2.75) is 0 Å². The summed E-state index contributed by atoms with van der Waals surface area (Å²) in [6.45, 7) is 0.138. The third-order valence-corrected chi connectivity index (χ3v) is 3.17. The second-order valence-corrected chi connectivity index (χ2v) is 4.67. The predicted octanol–water partition coefficient (Wildman–Crippen LogP) is 1.23. The number of hydrogen-bond donors (Lipinski definition) is 2. The molecule has 0 aliphatic carbocycles. The van der Waals surface area contributed by atoms with Crippen molar-refractivity contribution in [1.82, 2.24) is 15.6 Å². The van der Waals surface area contributed by atoms with Gasteiger partial charge in [0.1, 0.15) is 5.56 Å². The van der Waals surface area contributed by atoms with Crippen molar-refractivity contribution in [3.8, 4) is 17.7 Å². The highest BCUT2D eigenvalue weighted by Crippen LogP contribution is 2.12. The minimum absolute atomic E-state index is 0.138. The fraction of sp³-hybridized carbons (Fsp3) is 0.167. The lowest BCUT2D eigenvalue weighted by molar-refractivity contribution is 0.0949. The average Bonchev–Trinajstić information content (AvgIpc) is 2.64. The van der Waals surface area contributed by atoms with Crippen molar-refractivity contribution in [1.29, 1.82) is 0 Å². The van der Waals surface area contributed by atoms with Crippen LogP contribution >= 0.6 is 0 Å². The molecule has 1 aromatic heterocycles. The first-order valence-electron chi connectivity index (χ1n) is 7.24. The largest absolute Gasteiger partial charge is 0.480 e. The van der Waals surface area contributed by atoms with E-state index >= 15 is 0 Å². The van der Waals surface area contributed by atoms with Crippen molar-refractivity contribution in [2.75, 3.05) is 20.7 Å². The number of pyridine rings is 1. The van der Waals surface area contributed by atoms with E-state index in [-0.39, 0.29) is 24.2 Å². The SMILES string of the molecule is CNC(=O)c1ccccc1C#CCNC(=O)c1cccnc1OC. The number of rotatable bonds is 4. The Balaban J connectivity index is 2.05. The molecular weight excluding hydrogens is 306 g/mol. The maximum atomic E-state index is 12.1. The molecule has 0 saturated carbocycles. The first kappa shape index (κ1) is 17.0. The highest BCUT2D eigenvalue weighted by Gasteiger charge is 2.11.